The molecule has 0 fully saturated rings. The van der Waals surface area contributed by atoms with Crippen molar-refractivity contribution >= 4 is 11.6 Å². The number of fused-ring (bicyclic) bond motifs is 1. The number of methoxy groups -OCH3 is 1. The number of nitrogens with zero attached hydrogens (tertiary/aromatic N) is 4. The van der Waals surface area contributed by atoms with Crippen molar-refractivity contribution in [1.29, 1.82) is 0 Å². The lowest BCUT2D eigenvalue weighted by Gasteiger charge is -2.16. The van der Waals surface area contributed by atoms with Gasteiger partial charge < -0.3 is 10.1 Å². The van der Waals surface area contributed by atoms with Gasteiger partial charge in [0.05, 0.1) is 25.2 Å². The molecule has 27 heavy (non-hydrogen) atoms. The average molecular weight is 379 g/mol. The van der Waals surface area contributed by atoms with Gasteiger partial charge in [0, 0.05) is 17.5 Å². The van der Waals surface area contributed by atoms with E-state index in [-0.39, 0.29) is 11.2 Å². The van der Waals surface area contributed by atoms with Gasteiger partial charge in [-0.15, -0.1) is 0 Å². The van der Waals surface area contributed by atoms with Crippen molar-refractivity contribution in [3.05, 3.63) is 42.0 Å². The van der Waals surface area contributed by atoms with E-state index in [9.17, 15) is 18.0 Å². The normalized spacial score (nSPS) is 12.8. The van der Waals surface area contributed by atoms with E-state index < -0.39 is 18.1 Å². The summed E-state index contributed by atoms with van der Waals surface area (Å²) in [5, 5.41) is 5.97. The minimum absolute atomic E-state index is 0.0492. The van der Waals surface area contributed by atoms with Crippen LogP contribution in [0.15, 0.2) is 30.7 Å². The highest BCUT2D eigenvalue weighted by molar-refractivity contribution is 6.00. The molecular weight excluding hydrogens is 363 g/mol. The van der Waals surface area contributed by atoms with Crippen LogP contribution in [-0.4, -0.2) is 44.8 Å². The molecule has 10 heteroatoms. The molecule has 0 saturated carbocycles. The van der Waals surface area contributed by atoms with Gasteiger partial charge in [0.15, 0.2) is 5.65 Å². The molecule has 142 valence electrons. The fraction of sp³-hybridized carbons (Fsp3) is 0.294. The lowest BCUT2D eigenvalue weighted by atomic mass is 10.1. The zero-order chi connectivity index (χ0) is 19.8. The molecule has 0 aromatic carbocycles. The molecule has 0 spiro atoms. The Morgan fingerprint density at radius 2 is 2.00 bits per heavy atom. The van der Waals surface area contributed by atoms with E-state index in [1.807, 2.05) is 5.32 Å². The molecule has 0 radical (unpaired) electrons. The van der Waals surface area contributed by atoms with Crippen molar-refractivity contribution in [1.82, 2.24) is 24.9 Å². The first-order valence-electron chi connectivity index (χ1n) is 7.93. The van der Waals surface area contributed by atoms with Gasteiger partial charge in [-0.1, -0.05) is 0 Å². The molecular formula is C17H16F3N5O2. The third kappa shape index (κ3) is 3.69. The predicted octanol–water partition coefficient (Wildman–Crippen LogP) is 2.79. The second-order valence-electron chi connectivity index (χ2n) is 5.93. The number of amides is 1. The molecule has 0 bridgehead atoms. The number of halogens is 3. The van der Waals surface area contributed by atoms with Crippen LogP contribution in [0.5, 0.6) is 5.75 Å². The highest BCUT2D eigenvalue weighted by atomic mass is 19.4. The molecule has 0 aliphatic rings. The van der Waals surface area contributed by atoms with Crippen molar-refractivity contribution in [2.75, 3.05) is 7.11 Å². The highest BCUT2D eigenvalue weighted by Crippen LogP contribution is 2.24. The smallest absolute Gasteiger partial charge is 0.408 e. The van der Waals surface area contributed by atoms with Crippen LogP contribution >= 0.6 is 0 Å². The Bertz CT molecular complexity index is 1000. The predicted molar refractivity (Wildman–Crippen MR) is 90.5 cm³/mol. The summed E-state index contributed by atoms with van der Waals surface area (Å²) in [7, 11) is 1.50. The van der Waals surface area contributed by atoms with Gasteiger partial charge in [-0.25, -0.2) is 9.50 Å². The van der Waals surface area contributed by atoms with E-state index in [0.717, 1.165) is 6.92 Å². The van der Waals surface area contributed by atoms with Crippen LogP contribution < -0.4 is 10.1 Å². The van der Waals surface area contributed by atoms with Crippen molar-refractivity contribution < 1.29 is 22.7 Å². The van der Waals surface area contributed by atoms with Crippen LogP contribution in [0.3, 0.4) is 0 Å². The summed E-state index contributed by atoms with van der Waals surface area (Å²) in [6.07, 6.45) is -0.242. The molecule has 3 aromatic rings. The van der Waals surface area contributed by atoms with Crippen LogP contribution in [-0.2, 0) is 0 Å². The largest absolute Gasteiger partial charge is 0.495 e. The number of ether oxygens (including phenoxy) is 1. The summed E-state index contributed by atoms with van der Waals surface area (Å²) in [6, 6.07) is 1.45. The molecule has 7 nitrogen and oxygen atoms in total. The first kappa shape index (κ1) is 18.6. The zero-order valence-corrected chi connectivity index (χ0v) is 14.7. The van der Waals surface area contributed by atoms with E-state index in [0.29, 0.717) is 22.7 Å². The molecule has 3 aromatic heterocycles. The average Bonchev–Trinajstić information content (AvgIpc) is 3.05. The van der Waals surface area contributed by atoms with Gasteiger partial charge in [-0.3, -0.25) is 9.78 Å². The maximum atomic E-state index is 12.7. The first-order chi connectivity index (χ1) is 12.7. The van der Waals surface area contributed by atoms with Crippen LogP contribution in [0.4, 0.5) is 13.2 Å². The Morgan fingerprint density at radius 1 is 1.26 bits per heavy atom. The highest BCUT2D eigenvalue weighted by Gasteiger charge is 2.37. The minimum atomic E-state index is -4.54. The maximum absolute atomic E-state index is 12.7. The number of aryl methyl sites for hydroxylation is 1. The Morgan fingerprint density at radius 3 is 2.67 bits per heavy atom. The van der Waals surface area contributed by atoms with Crippen molar-refractivity contribution in [2.45, 2.75) is 26.1 Å². The van der Waals surface area contributed by atoms with Gasteiger partial charge in [0.2, 0.25) is 0 Å². The van der Waals surface area contributed by atoms with Gasteiger partial charge in [-0.05, 0) is 26.0 Å². The molecule has 3 heterocycles. The molecule has 3 rings (SSSR count). The SMILES string of the molecule is COc1cncc(-c2cc(C)n3ncc(C(=O)NC(C)C(F)(F)F)c3n2)c1. The Labute approximate surface area is 152 Å². The summed E-state index contributed by atoms with van der Waals surface area (Å²) >= 11 is 0. The standard InChI is InChI=1S/C17H16F3N5O2/c1-9-4-14(11-5-12(27-3)7-21-6-11)24-15-13(8-22-25(9)15)16(26)23-10(2)17(18,19)20/h4-8,10H,1-3H3,(H,23,26). The number of hydrogen-bond acceptors (Lipinski definition) is 5. The summed E-state index contributed by atoms with van der Waals surface area (Å²) in [5.74, 6) is -0.375. The van der Waals surface area contributed by atoms with E-state index in [2.05, 4.69) is 15.1 Å². The van der Waals surface area contributed by atoms with Crippen LogP contribution in [0.1, 0.15) is 23.0 Å². The number of rotatable bonds is 4. The monoisotopic (exact) mass is 379 g/mol. The van der Waals surface area contributed by atoms with Crippen molar-refractivity contribution in [3.8, 4) is 17.0 Å². The van der Waals surface area contributed by atoms with E-state index >= 15 is 0 Å². The minimum Gasteiger partial charge on any atom is -0.495 e. The van der Waals surface area contributed by atoms with E-state index in [4.69, 9.17) is 4.74 Å². The second kappa shape index (κ2) is 6.86. The quantitative estimate of drug-likeness (QED) is 0.754. The lowest BCUT2D eigenvalue weighted by molar-refractivity contribution is -0.149. The first-order valence-corrected chi connectivity index (χ1v) is 7.93. The van der Waals surface area contributed by atoms with E-state index in [1.165, 1.54) is 24.0 Å². The van der Waals surface area contributed by atoms with Crippen LogP contribution in [0, 0.1) is 6.92 Å². The fourth-order valence-electron chi connectivity index (χ4n) is 2.45. The summed E-state index contributed by atoms with van der Waals surface area (Å²) < 4.78 is 44.7. The number of carbonyl (C=O) groups excluding carboxylic acids is 1. The third-order valence-corrected chi connectivity index (χ3v) is 3.98. The Kier molecular flexibility index (Phi) is 4.73. The van der Waals surface area contributed by atoms with Crippen molar-refractivity contribution in [3.63, 3.8) is 0 Å². The van der Waals surface area contributed by atoms with Crippen molar-refractivity contribution in [2.24, 2.45) is 0 Å². The molecule has 0 aliphatic heterocycles. The molecule has 1 N–H and O–H groups in total. The lowest BCUT2D eigenvalue weighted by Crippen LogP contribution is -2.43. The van der Waals surface area contributed by atoms with Crippen LogP contribution in [0.25, 0.3) is 16.9 Å². The van der Waals surface area contributed by atoms with Crippen LogP contribution in [0.2, 0.25) is 0 Å². The zero-order valence-electron chi connectivity index (χ0n) is 14.7. The maximum Gasteiger partial charge on any atom is 0.408 e. The topological polar surface area (TPSA) is 81.4 Å². The van der Waals surface area contributed by atoms with Gasteiger partial charge in [-0.2, -0.15) is 18.3 Å². The molecule has 0 aliphatic carbocycles. The van der Waals surface area contributed by atoms with Gasteiger partial charge >= 0.3 is 6.18 Å². The number of pyridine rings is 1. The summed E-state index contributed by atoms with van der Waals surface area (Å²) in [6.45, 7) is 2.62. The molecule has 0 saturated heterocycles. The Balaban J connectivity index is 2.03. The number of alkyl halides is 3. The number of carbonyl (C=O) groups is 1. The summed E-state index contributed by atoms with van der Waals surface area (Å²) in [5.41, 5.74) is 1.88. The second-order valence-corrected chi connectivity index (χ2v) is 5.93. The fourth-order valence-corrected chi connectivity index (χ4v) is 2.45. The summed E-state index contributed by atoms with van der Waals surface area (Å²) in [4.78, 5) is 20.8. The number of nitrogens with one attached hydrogen (secondary N) is 1. The van der Waals surface area contributed by atoms with Gasteiger partial charge in [0.1, 0.15) is 17.4 Å². The van der Waals surface area contributed by atoms with E-state index in [1.54, 1.807) is 25.3 Å². The third-order valence-electron chi connectivity index (χ3n) is 3.98. The number of hydrogen-bond donors (Lipinski definition) is 1. The number of aromatic nitrogens is 4. The van der Waals surface area contributed by atoms with Gasteiger partial charge in [0.25, 0.3) is 5.91 Å². The molecule has 1 amide bonds. The Hall–Kier alpha value is -3.17. The molecule has 1 atom stereocenters. The molecule has 1 unspecified atom stereocenters.